The molecule has 1 unspecified atom stereocenters. The van der Waals surface area contributed by atoms with Gasteiger partial charge in [-0.2, -0.15) is 0 Å². The molecule has 0 fully saturated rings. The first kappa shape index (κ1) is 24.0. The Morgan fingerprint density at radius 1 is 1.10 bits per heavy atom. The van der Waals surface area contributed by atoms with Gasteiger partial charge in [0.2, 0.25) is 5.91 Å². The van der Waals surface area contributed by atoms with Crippen LogP contribution in [0.5, 0.6) is 0 Å². The van der Waals surface area contributed by atoms with Gasteiger partial charge in [-0.05, 0) is 60.5 Å². The number of rotatable bonds is 12. The van der Waals surface area contributed by atoms with Crippen molar-refractivity contribution in [3.05, 3.63) is 71.3 Å². The van der Waals surface area contributed by atoms with E-state index in [0.717, 1.165) is 17.7 Å². The van der Waals surface area contributed by atoms with Gasteiger partial charge in [-0.15, -0.1) is 0 Å². The Labute approximate surface area is 178 Å². The van der Waals surface area contributed by atoms with E-state index in [-0.39, 0.29) is 29.6 Å². The molecule has 4 N–H and O–H groups in total. The molecule has 0 bridgehead atoms. The maximum absolute atomic E-state index is 13.6. The first-order valence-electron chi connectivity index (χ1n) is 10.5. The molecule has 0 saturated heterocycles. The summed E-state index contributed by atoms with van der Waals surface area (Å²) < 4.78 is 26.8. The van der Waals surface area contributed by atoms with Gasteiger partial charge in [-0.25, -0.2) is 8.78 Å². The van der Waals surface area contributed by atoms with Crippen molar-refractivity contribution in [1.82, 2.24) is 10.6 Å². The van der Waals surface area contributed by atoms with E-state index in [4.69, 9.17) is 5.73 Å². The van der Waals surface area contributed by atoms with Gasteiger partial charge in [-0.1, -0.05) is 44.2 Å². The number of carbonyl (C=O) groups is 1. The third kappa shape index (κ3) is 9.01. The molecule has 1 atom stereocenters. The third-order valence-corrected chi connectivity index (χ3v) is 4.96. The van der Waals surface area contributed by atoms with E-state index < -0.39 is 5.82 Å². The molecule has 6 heteroatoms. The molecule has 0 spiro atoms. The predicted molar refractivity (Wildman–Crippen MR) is 117 cm³/mol. The summed E-state index contributed by atoms with van der Waals surface area (Å²) in [6, 6.07) is 13.2. The molecule has 2 aromatic carbocycles. The lowest BCUT2D eigenvalue weighted by Gasteiger charge is -2.26. The van der Waals surface area contributed by atoms with Crippen LogP contribution in [0.2, 0.25) is 0 Å². The number of aryl methyl sites for hydroxylation is 1. The predicted octanol–water partition coefficient (Wildman–Crippen LogP) is 3.59. The van der Waals surface area contributed by atoms with Crippen LogP contribution < -0.4 is 16.4 Å². The fraction of sp³-hybridized carbons (Fsp3) is 0.458. The molecular formula is C24H33F2N3O. The van der Waals surface area contributed by atoms with Crippen LogP contribution in [0, 0.1) is 17.0 Å². The van der Waals surface area contributed by atoms with Crippen molar-refractivity contribution in [2.45, 2.75) is 45.6 Å². The Morgan fingerprint density at radius 2 is 1.83 bits per heavy atom. The van der Waals surface area contributed by atoms with Crippen LogP contribution in [-0.4, -0.2) is 31.6 Å². The fourth-order valence-corrected chi connectivity index (χ4v) is 3.27. The average molecular weight is 418 g/mol. The lowest BCUT2D eigenvalue weighted by atomic mass is 9.93. The average Bonchev–Trinajstić information content (AvgIpc) is 2.69. The molecule has 0 aliphatic rings. The first-order chi connectivity index (χ1) is 14.2. The van der Waals surface area contributed by atoms with Gasteiger partial charge >= 0.3 is 0 Å². The second-order valence-electron chi connectivity index (χ2n) is 8.61. The Bertz CT molecular complexity index is 796. The van der Waals surface area contributed by atoms with Gasteiger partial charge in [0.25, 0.3) is 0 Å². The quantitative estimate of drug-likeness (QED) is 0.463. The summed E-state index contributed by atoms with van der Waals surface area (Å²) in [4.78, 5) is 12.2. The van der Waals surface area contributed by atoms with Gasteiger partial charge < -0.3 is 16.4 Å². The van der Waals surface area contributed by atoms with E-state index in [0.29, 0.717) is 44.5 Å². The Morgan fingerprint density at radius 3 is 2.57 bits per heavy atom. The number of nitrogens with two attached hydrogens (primary N) is 1. The molecule has 2 rings (SSSR count). The molecule has 2 aromatic rings. The SMILES string of the molecule is CC(C)(CNCCCc1cc(F)ccc1F)CNC(=O)CC(N)Cc1ccccc1. The molecule has 0 radical (unpaired) electrons. The van der Waals surface area contributed by atoms with Gasteiger partial charge in [-0.3, -0.25) is 4.79 Å². The zero-order chi connectivity index (χ0) is 22.0. The number of nitrogens with one attached hydrogen (secondary N) is 2. The highest BCUT2D eigenvalue weighted by Crippen LogP contribution is 2.14. The van der Waals surface area contributed by atoms with Crippen LogP contribution in [0.4, 0.5) is 8.78 Å². The Kier molecular flexibility index (Phi) is 9.40. The van der Waals surface area contributed by atoms with E-state index in [1.54, 1.807) is 0 Å². The maximum atomic E-state index is 13.6. The highest BCUT2D eigenvalue weighted by atomic mass is 19.1. The van der Waals surface area contributed by atoms with Crippen molar-refractivity contribution in [2.75, 3.05) is 19.6 Å². The van der Waals surface area contributed by atoms with E-state index in [1.807, 2.05) is 30.3 Å². The van der Waals surface area contributed by atoms with Crippen molar-refractivity contribution in [1.29, 1.82) is 0 Å². The summed E-state index contributed by atoms with van der Waals surface area (Å²) in [6.45, 7) is 6.06. The van der Waals surface area contributed by atoms with Crippen LogP contribution in [0.1, 0.15) is 37.8 Å². The van der Waals surface area contributed by atoms with Gasteiger partial charge in [0.15, 0.2) is 0 Å². The highest BCUT2D eigenvalue weighted by molar-refractivity contribution is 5.76. The summed E-state index contributed by atoms with van der Waals surface area (Å²) in [5.74, 6) is -0.835. The summed E-state index contributed by atoms with van der Waals surface area (Å²) >= 11 is 0. The first-order valence-corrected chi connectivity index (χ1v) is 10.5. The van der Waals surface area contributed by atoms with Crippen LogP contribution in [-0.2, 0) is 17.6 Å². The van der Waals surface area contributed by atoms with E-state index >= 15 is 0 Å². The van der Waals surface area contributed by atoms with Crippen molar-refractivity contribution in [3.63, 3.8) is 0 Å². The minimum atomic E-state index is -0.417. The zero-order valence-electron chi connectivity index (χ0n) is 17.9. The Hall–Kier alpha value is -2.31. The minimum Gasteiger partial charge on any atom is -0.355 e. The minimum absolute atomic E-state index is 0.0481. The summed E-state index contributed by atoms with van der Waals surface area (Å²) in [7, 11) is 0. The number of halogens is 2. The van der Waals surface area contributed by atoms with Crippen molar-refractivity contribution >= 4 is 5.91 Å². The number of hydrogen-bond donors (Lipinski definition) is 3. The molecule has 4 nitrogen and oxygen atoms in total. The van der Waals surface area contributed by atoms with E-state index in [2.05, 4.69) is 24.5 Å². The van der Waals surface area contributed by atoms with Crippen molar-refractivity contribution in [2.24, 2.45) is 11.1 Å². The largest absolute Gasteiger partial charge is 0.355 e. The van der Waals surface area contributed by atoms with E-state index in [1.165, 1.54) is 6.07 Å². The maximum Gasteiger partial charge on any atom is 0.221 e. The molecule has 30 heavy (non-hydrogen) atoms. The lowest BCUT2D eigenvalue weighted by molar-refractivity contribution is -0.121. The topological polar surface area (TPSA) is 67.1 Å². The summed E-state index contributed by atoms with van der Waals surface area (Å²) in [6.07, 6.45) is 2.15. The van der Waals surface area contributed by atoms with E-state index in [9.17, 15) is 13.6 Å². The smallest absolute Gasteiger partial charge is 0.221 e. The number of carbonyl (C=O) groups excluding carboxylic acids is 1. The molecule has 0 aliphatic heterocycles. The monoisotopic (exact) mass is 417 g/mol. The number of benzene rings is 2. The lowest BCUT2D eigenvalue weighted by Crippen LogP contribution is -2.42. The van der Waals surface area contributed by atoms with Crippen LogP contribution in [0.15, 0.2) is 48.5 Å². The molecule has 0 aromatic heterocycles. The second-order valence-corrected chi connectivity index (χ2v) is 8.61. The molecule has 0 heterocycles. The summed E-state index contributed by atoms with van der Waals surface area (Å²) in [5.41, 5.74) is 7.49. The Balaban J connectivity index is 1.62. The normalized spacial score (nSPS) is 12.6. The van der Waals surface area contributed by atoms with Gasteiger partial charge in [0.1, 0.15) is 11.6 Å². The van der Waals surface area contributed by atoms with Crippen LogP contribution >= 0.6 is 0 Å². The fourth-order valence-electron chi connectivity index (χ4n) is 3.27. The zero-order valence-corrected chi connectivity index (χ0v) is 17.9. The van der Waals surface area contributed by atoms with Crippen molar-refractivity contribution in [3.8, 4) is 0 Å². The van der Waals surface area contributed by atoms with Crippen molar-refractivity contribution < 1.29 is 13.6 Å². The van der Waals surface area contributed by atoms with Crippen LogP contribution in [0.25, 0.3) is 0 Å². The molecule has 1 amide bonds. The molecule has 164 valence electrons. The van der Waals surface area contributed by atoms with Gasteiger partial charge in [0.05, 0.1) is 0 Å². The number of amides is 1. The standard InChI is InChI=1S/C24H33F2N3O/c1-24(2,16-28-12-6-9-19-14-20(25)10-11-22(19)26)17-29-23(30)15-21(27)13-18-7-4-3-5-8-18/h3-5,7-8,10-11,14,21,28H,6,9,12-13,15-17,27H2,1-2H3,(H,29,30). The summed E-state index contributed by atoms with van der Waals surface area (Å²) in [5, 5.41) is 6.30. The molecular weight excluding hydrogens is 384 g/mol. The number of hydrogen-bond acceptors (Lipinski definition) is 3. The second kappa shape index (κ2) is 11.8. The van der Waals surface area contributed by atoms with Crippen LogP contribution in [0.3, 0.4) is 0 Å². The molecule has 0 saturated carbocycles. The third-order valence-electron chi connectivity index (χ3n) is 4.96. The molecule has 0 aliphatic carbocycles. The van der Waals surface area contributed by atoms with Gasteiger partial charge in [0, 0.05) is 25.6 Å². The highest BCUT2D eigenvalue weighted by Gasteiger charge is 2.19.